The highest BCUT2D eigenvalue weighted by Gasteiger charge is 2.16. The summed E-state index contributed by atoms with van der Waals surface area (Å²) in [5.41, 5.74) is 6.32. The Kier molecular flexibility index (Phi) is 3.25. The van der Waals surface area contributed by atoms with Crippen molar-refractivity contribution in [3.63, 3.8) is 0 Å². The van der Waals surface area contributed by atoms with Crippen molar-refractivity contribution in [1.82, 2.24) is 10.2 Å². The number of rotatable bonds is 3. The molecular weight excluding hydrogens is 308 g/mol. The number of hydrogen-bond acceptors (Lipinski definition) is 4. The van der Waals surface area contributed by atoms with Gasteiger partial charge < -0.3 is 15.5 Å². The monoisotopic (exact) mass is 314 g/mol. The molecule has 2 aromatic rings. The first-order valence-electron chi connectivity index (χ1n) is 4.47. The van der Waals surface area contributed by atoms with E-state index in [1.807, 2.05) is 0 Å². The summed E-state index contributed by atoms with van der Waals surface area (Å²) in [6.07, 6.45) is 2.85. The largest absolute Gasteiger partial charge is 0.457 e. The first kappa shape index (κ1) is 11.8. The number of carbonyl (C=O) groups excluding carboxylic acids is 1. The Hall–Kier alpha value is -1.67. The van der Waals surface area contributed by atoms with Gasteiger partial charge in [-0.25, -0.2) is 0 Å². The van der Waals surface area contributed by atoms with Crippen LogP contribution in [-0.4, -0.2) is 21.1 Å². The smallest absolute Gasteiger partial charge is 0.261 e. The van der Waals surface area contributed by atoms with Crippen LogP contribution in [0.4, 0.5) is 5.82 Å². The summed E-state index contributed by atoms with van der Waals surface area (Å²) in [7, 11) is 0. The lowest BCUT2D eigenvalue weighted by Crippen LogP contribution is -2.16. The second-order valence-electron chi connectivity index (χ2n) is 3.09. The lowest BCUT2D eigenvalue weighted by molar-refractivity contribution is 0.102. The molecule has 0 fully saturated rings. The van der Waals surface area contributed by atoms with Crippen LogP contribution in [0.1, 0.15) is 15.9 Å². The number of H-pyrrole nitrogens is 1. The molecule has 17 heavy (non-hydrogen) atoms. The normalized spacial score (nSPS) is 10.2. The number of nitrogens with two attached hydrogens (primary N) is 1. The van der Waals surface area contributed by atoms with Gasteiger partial charge in [0, 0.05) is 0 Å². The topological polar surface area (TPSA) is 96.9 Å². The molecule has 0 unspecified atom stereocenters. The van der Waals surface area contributed by atoms with Crippen molar-refractivity contribution in [3.05, 3.63) is 34.3 Å². The van der Waals surface area contributed by atoms with Gasteiger partial charge in [0.05, 0.1) is 23.6 Å². The van der Waals surface area contributed by atoms with E-state index in [1.54, 1.807) is 0 Å². The first-order valence-corrected chi connectivity index (χ1v) is 5.67. The number of carbonyl (C=O) groups is 1. The van der Waals surface area contributed by atoms with Gasteiger partial charge in [0.1, 0.15) is 10.8 Å². The summed E-state index contributed by atoms with van der Waals surface area (Å²) in [4.78, 5) is 12.0. The molecule has 1 amide bonds. The van der Waals surface area contributed by atoms with Crippen LogP contribution in [-0.2, 0) is 0 Å². The number of aromatic nitrogens is 2. The Morgan fingerprint density at radius 3 is 2.94 bits per heavy atom. The Morgan fingerprint density at radius 1 is 1.59 bits per heavy atom. The van der Waals surface area contributed by atoms with E-state index in [0.717, 1.165) is 0 Å². The van der Waals surface area contributed by atoms with Crippen LogP contribution < -0.4 is 11.1 Å². The summed E-state index contributed by atoms with van der Waals surface area (Å²) >= 11 is 7.94. The van der Waals surface area contributed by atoms with E-state index in [9.17, 15) is 4.79 Å². The Balaban J connectivity index is 2.22. The van der Waals surface area contributed by atoms with Gasteiger partial charge in [-0.2, -0.15) is 5.10 Å². The quantitative estimate of drug-likeness (QED) is 0.748. The fraction of sp³-hybridized carbons (Fsp3) is 0. The molecule has 2 heterocycles. The minimum atomic E-state index is -0.354. The van der Waals surface area contributed by atoms with E-state index in [1.165, 1.54) is 18.5 Å². The summed E-state index contributed by atoms with van der Waals surface area (Å²) in [5, 5.41) is 8.96. The predicted molar refractivity (Wildman–Crippen MR) is 68.8 cm³/mol. The molecule has 0 bridgehead atoms. The van der Waals surface area contributed by atoms with Crippen LogP contribution in [0.25, 0.3) is 0 Å². The van der Waals surface area contributed by atoms with Crippen LogP contribution in [0.3, 0.4) is 0 Å². The van der Waals surface area contributed by atoms with Crippen LogP contribution in [0, 0.1) is 0 Å². The fourth-order valence-corrected chi connectivity index (χ4v) is 1.78. The molecule has 4 N–H and O–H groups in total. The third kappa shape index (κ3) is 2.37. The maximum atomic E-state index is 11.8. The number of furan rings is 1. The Bertz CT molecular complexity index is 577. The zero-order valence-corrected chi connectivity index (χ0v) is 10.8. The van der Waals surface area contributed by atoms with Crippen LogP contribution in [0.2, 0.25) is 0 Å². The second kappa shape index (κ2) is 4.68. The lowest BCUT2D eigenvalue weighted by atomic mass is 10.3. The summed E-state index contributed by atoms with van der Waals surface area (Å²) < 4.78 is 5.32. The zero-order chi connectivity index (χ0) is 12.4. The molecule has 0 aliphatic carbocycles. The fourth-order valence-electron chi connectivity index (χ4n) is 1.20. The highest BCUT2D eigenvalue weighted by molar-refractivity contribution is 9.10. The van der Waals surface area contributed by atoms with E-state index >= 15 is 0 Å². The number of aromatic amines is 1. The third-order valence-corrected chi connectivity index (χ3v) is 2.84. The van der Waals surface area contributed by atoms with Crippen LogP contribution >= 0.6 is 28.1 Å². The number of amides is 1. The molecule has 0 saturated carbocycles. The van der Waals surface area contributed by atoms with Crippen molar-refractivity contribution in [2.75, 3.05) is 5.32 Å². The molecule has 0 atom stereocenters. The molecule has 6 nitrogen and oxygen atoms in total. The van der Waals surface area contributed by atoms with E-state index in [2.05, 4.69) is 31.4 Å². The van der Waals surface area contributed by atoms with Gasteiger partial charge in [0.2, 0.25) is 0 Å². The summed E-state index contributed by atoms with van der Waals surface area (Å²) in [6.45, 7) is 0. The van der Waals surface area contributed by atoms with Crippen molar-refractivity contribution in [2.24, 2.45) is 5.73 Å². The minimum Gasteiger partial charge on any atom is -0.457 e. The molecule has 0 saturated heterocycles. The standard InChI is InChI=1S/C9H7BrN4O2S/c10-6-4(1-2-16-6)9(15)13-8-5(7(11)17)3-12-14-8/h1-3H,(H2,11,17)(H2,12,13,14,15). The van der Waals surface area contributed by atoms with Gasteiger partial charge >= 0.3 is 0 Å². The lowest BCUT2D eigenvalue weighted by Gasteiger charge is -2.03. The van der Waals surface area contributed by atoms with Gasteiger partial charge in [-0.15, -0.1) is 0 Å². The first-order chi connectivity index (χ1) is 8.09. The zero-order valence-electron chi connectivity index (χ0n) is 8.36. The van der Waals surface area contributed by atoms with Gasteiger partial charge in [0.15, 0.2) is 4.67 Å². The van der Waals surface area contributed by atoms with Gasteiger partial charge in [0.25, 0.3) is 5.91 Å². The molecule has 2 aromatic heterocycles. The minimum absolute atomic E-state index is 0.153. The third-order valence-electron chi connectivity index (χ3n) is 2.01. The SMILES string of the molecule is NC(=S)c1cn[nH]c1NC(=O)c1ccoc1Br. The average molecular weight is 315 g/mol. The van der Waals surface area contributed by atoms with Gasteiger partial charge in [-0.3, -0.25) is 9.89 Å². The number of thiocarbonyl (C=S) groups is 1. The molecule has 88 valence electrons. The molecule has 0 spiro atoms. The number of nitrogens with zero attached hydrogens (tertiary/aromatic N) is 1. The van der Waals surface area contributed by atoms with Gasteiger partial charge in [-0.05, 0) is 22.0 Å². The summed E-state index contributed by atoms with van der Waals surface area (Å²) in [5.74, 6) is 0.00275. The van der Waals surface area contributed by atoms with Gasteiger partial charge in [-0.1, -0.05) is 12.2 Å². The highest BCUT2D eigenvalue weighted by Crippen LogP contribution is 2.19. The van der Waals surface area contributed by atoms with E-state index in [4.69, 9.17) is 22.4 Å². The maximum Gasteiger partial charge on any atom is 0.261 e. The number of nitrogens with one attached hydrogen (secondary N) is 2. The Labute approximate surface area is 110 Å². The number of halogens is 1. The predicted octanol–water partition coefficient (Wildman–Crippen LogP) is 1.65. The molecule has 0 radical (unpaired) electrons. The van der Waals surface area contributed by atoms with Crippen molar-refractivity contribution in [3.8, 4) is 0 Å². The maximum absolute atomic E-state index is 11.8. The molecule has 0 aromatic carbocycles. The molecule has 2 rings (SSSR count). The Morgan fingerprint density at radius 2 is 2.35 bits per heavy atom. The number of anilines is 1. The average Bonchev–Trinajstić information content (AvgIpc) is 2.86. The van der Waals surface area contributed by atoms with Crippen molar-refractivity contribution in [2.45, 2.75) is 0 Å². The van der Waals surface area contributed by atoms with Crippen LogP contribution in [0.15, 0.2) is 27.6 Å². The van der Waals surface area contributed by atoms with E-state index < -0.39 is 0 Å². The molecule has 0 aliphatic heterocycles. The molecule has 0 aliphatic rings. The second-order valence-corrected chi connectivity index (χ2v) is 4.25. The van der Waals surface area contributed by atoms with E-state index in [0.29, 0.717) is 21.6 Å². The van der Waals surface area contributed by atoms with Crippen molar-refractivity contribution < 1.29 is 9.21 Å². The van der Waals surface area contributed by atoms with Crippen molar-refractivity contribution >= 4 is 44.9 Å². The van der Waals surface area contributed by atoms with E-state index in [-0.39, 0.29) is 10.9 Å². The van der Waals surface area contributed by atoms with Crippen molar-refractivity contribution in [1.29, 1.82) is 0 Å². The summed E-state index contributed by atoms with van der Waals surface area (Å²) in [6, 6.07) is 1.54. The highest BCUT2D eigenvalue weighted by atomic mass is 79.9. The molecule has 8 heteroatoms. The van der Waals surface area contributed by atoms with Crippen LogP contribution in [0.5, 0.6) is 0 Å². The molecular formula is C9H7BrN4O2S. The number of hydrogen-bond donors (Lipinski definition) is 3.